The molecule has 3 atom stereocenters. The number of imide groups is 2. The number of rotatable bonds is 7. The van der Waals surface area contributed by atoms with Crippen LogP contribution in [-0.2, 0) is 33.9 Å². The van der Waals surface area contributed by atoms with Crippen LogP contribution in [0.4, 0.5) is 8.78 Å². The Labute approximate surface area is 345 Å². The van der Waals surface area contributed by atoms with E-state index < -0.39 is 42.1 Å². The third kappa shape index (κ3) is 6.70. The van der Waals surface area contributed by atoms with E-state index in [1.54, 1.807) is 12.1 Å². The van der Waals surface area contributed by atoms with Gasteiger partial charge in [0.1, 0.15) is 11.9 Å². The van der Waals surface area contributed by atoms with Gasteiger partial charge in [0.05, 0.1) is 23.7 Å². The first kappa shape index (κ1) is 38.8. The predicted octanol–water partition coefficient (Wildman–Crippen LogP) is 5.24. The van der Waals surface area contributed by atoms with Gasteiger partial charge in [-0.15, -0.1) is 0 Å². The van der Waals surface area contributed by atoms with E-state index in [4.69, 9.17) is 9.97 Å². The molecule has 4 aromatic rings. The molecule has 2 N–H and O–H groups in total. The van der Waals surface area contributed by atoms with E-state index >= 15 is 0 Å². The number of aromatic nitrogens is 3. The number of hydrogen-bond acceptors (Lipinski definition) is 9. The second-order valence-electron chi connectivity index (χ2n) is 17.6. The molecule has 0 bridgehead atoms. The summed E-state index contributed by atoms with van der Waals surface area (Å²) in [5.41, 5.74) is 6.48. The minimum atomic E-state index is -2.47. The van der Waals surface area contributed by atoms with E-state index in [2.05, 4.69) is 21.3 Å². The predicted molar refractivity (Wildman–Crippen MR) is 215 cm³/mol. The van der Waals surface area contributed by atoms with E-state index in [9.17, 15) is 32.8 Å². The van der Waals surface area contributed by atoms with Gasteiger partial charge in [-0.3, -0.25) is 44.0 Å². The maximum Gasteiger partial charge on any atom is 0.262 e. The number of fused-ring (bicyclic) bond motifs is 5. The molecule has 10 rings (SSSR count). The number of nitrogens with one attached hydrogen (secondary N) is 2. The summed E-state index contributed by atoms with van der Waals surface area (Å²) < 4.78 is 27.8. The molecule has 6 aliphatic rings. The van der Waals surface area contributed by atoms with Crippen LogP contribution in [0.3, 0.4) is 0 Å². The van der Waals surface area contributed by atoms with Crippen LogP contribution in [0.5, 0.6) is 0 Å². The molecule has 15 heteroatoms. The lowest BCUT2D eigenvalue weighted by Gasteiger charge is -2.40. The van der Waals surface area contributed by atoms with Crippen molar-refractivity contribution < 1.29 is 32.8 Å². The lowest BCUT2D eigenvalue weighted by atomic mass is 9.80. The van der Waals surface area contributed by atoms with Gasteiger partial charge in [-0.25, -0.2) is 18.7 Å². The third-order valence-corrected chi connectivity index (χ3v) is 14.1. The number of piperidine rings is 2. The van der Waals surface area contributed by atoms with Crippen molar-refractivity contribution in [3.63, 3.8) is 0 Å². The second-order valence-corrected chi connectivity index (χ2v) is 17.6. The van der Waals surface area contributed by atoms with Crippen LogP contribution in [-0.4, -0.2) is 108 Å². The first-order chi connectivity index (χ1) is 29.0. The molecule has 312 valence electrons. The molecule has 1 aliphatic carbocycles. The van der Waals surface area contributed by atoms with E-state index in [0.717, 1.165) is 88.1 Å². The molecule has 2 aromatic heterocycles. The van der Waals surface area contributed by atoms with E-state index in [1.807, 2.05) is 47.3 Å². The summed E-state index contributed by atoms with van der Waals surface area (Å²) in [6.07, 6.45) is 6.85. The lowest BCUT2D eigenvalue weighted by molar-refractivity contribution is -0.138. The van der Waals surface area contributed by atoms with Crippen molar-refractivity contribution in [1.82, 2.24) is 39.9 Å². The minimum Gasteiger partial charge on any atom is -0.357 e. The van der Waals surface area contributed by atoms with Crippen LogP contribution in [0.2, 0.25) is 0 Å². The third-order valence-electron chi connectivity index (χ3n) is 14.1. The Morgan fingerprint density at radius 3 is 2.20 bits per heavy atom. The average Bonchev–Trinajstić information content (AvgIpc) is 3.91. The number of likely N-dealkylation sites (tertiary alicyclic amines) is 1. The molecule has 60 heavy (non-hydrogen) atoms. The van der Waals surface area contributed by atoms with Crippen molar-refractivity contribution in [2.24, 2.45) is 5.92 Å². The lowest BCUT2D eigenvalue weighted by Crippen LogP contribution is -2.54. The summed E-state index contributed by atoms with van der Waals surface area (Å²) in [5.74, 6) is -0.971. The van der Waals surface area contributed by atoms with Gasteiger partial charge in [0, 0.05) is 91.1 Å². The minimum absolute atomic E-state index is 0.0441. The Bertz CT molecular complexity index is 2360. The Kier molecular flexibility index (Phi) is 9.85. The fraction of sp³-hybridized carbons (Fsp3) is 0.489. The number of alkyl halides is 2. The van der Waals surface area contributed by atoms with Crippen LogP contribution in [0.15, 0.2) is 48.8 Å². The van der Waals surface area contributed by atoms with Gasteiger partial charge in [0.2, 0.25) is 17.7 Å². The fourth-order valence-electron chi connectivity index (χ4n) is 11.0. The highest BCUT2D eigenvalue weighted by molar-refractivity contribution is 6.23. The molecule has 5 aliphatic heterocycles. The highest BCUT2D eigenvalue weighted by Crippen LogP contribution is 2.42. The highest BCUT2D eigenvalue weighted by atomic mass is 19.3. The fourth-order valence-corrected chi connectivity index (χ4v) is 11.0. The summed E-state index contributed by atoms with van der Waals surface area (Å²) in [6, 6.07) is 10.5. The number of aromatic amines is 1. The van der Waals surface area contributed by atoms with Crippen LogP contribution in [0.1, 0.15) is 125 Å². The Balaban J connectivity index is 0.735. The number of H-pyrrole nitrogens is 1. The number of hydrogen-bond donors (Lipinski definition) is 2. The van der Waals surface area contributed by atoms with Gasteiger partial charge in [0.25, 0.3) is 18.2 Å². The van der Waals surface area contributed by atoms with Crippen LogP contribution >= 0.6 is 0 Å². The Hall–Kier alpha value is -5.41. The summed E-state index contributed by atoms with van der Waals surface area (Å²) in [6.45, 7) is 4.31. The summed E-state index contributed by atoms with van der Waals surface area (Å²) in [7, 11) is 0. The normalized spacial score (nSPS) is 26.5. The second kappa shape index (κ2) is 15.2. The first-order valence-electron chi connectivity index (χ1n) is 21.4. The maximum absolute atomic E-state index is 13.9. The van der Waals surface area contributed by atoms with Crippen molar-refractivity contribution in [3.8, 4) is 0 Å². The molecule has 1 unspecified atom stereocenters. The number of halogens is 2. The van der Waals surface area contributed by atoms with E-state index in [0.29, 0.717) is 43.7 Å². The number of carbonyl (C=O) groups is 5. The van der Waals surface area contributed by atoms with Crippen molar-refractivity contribution in [2.75, 3.05) is 19.6 Å². The number of para-hydroxylation sites is 1. The molecular weight excluding hydrogens is 771 g/mol. The molecule has 3 fully saturated rings. The average molecular weight is 819 g/mol. The van der Waals surface area contributed by atoms with Crippen LogP contribution in [0, 0.1) is 5.92 Å². The van der Waals surface area contributed by atoms with Gasteiger partial charge >= 0.3 is 0 Å². The van der Waals surface area contributed by atoms with Gasteiger partial charge in [-0.2, -0.15) is 0 Å². The smallest absolute Gasteiger partial charge is 0.262 e. The van der Waals surface area contributed by atoms with Crippen LogP contribution < -0.4 is 5.32 Å². The molecule has 13 nitrogen and oxygen atoms in total. The Morgan fingerprint density at radius 1 is 0.883 bits per heavy atom. The van der Waals surface area contributed by atoms with Gasteiger partial charge < -0.3 is 9.88 Å². The van der Waals surface area contributed by atoms with Crippen molar-refractivity contribution in [1.29, 1.82) is 0 Å². The largest absolute Gasteiger partial charge is 0.357 e. The molecule has 0 spiro atoms. The van der Waals surface area contributed by atoms with Gasteiger partial charge in [-0.1, -0.05) is 18.2 Å². The number of benzene rings is 2. The van der Waals surface area contributed by atoms with Crippen molar-refractivity contribution in [3.05, 3.63) is 93.7 Å². The topological polar surface area (TPSA) is 152 Å². The van der Waals surface area contributed by atoms with E-state index in [1.165, 1.54) is 0 Å². The standard InChI is InChI=1S/C45H48F2N8O5/c1-24-16-32-31-4-2-3-5-35(31)50-39(32)40(54(24)23-37(46)47)29-19-48-41(49-20-29)25-6-8-26(9-7-25)43(58)52-14-12-30(13-15-52)53-21-27-17-33-34(18-28(27)22-53)45(60)55(44(33)59)36-10-11-38(56)51-42(36)57/h2-5,17-20,24-26,30,36-37,40,50H,6-16,21-23H2,1H3,(H,51,56,57)/t24-,25?,26?,36?,40-/m1/s1. The molecule has 0 radical (unpaired) electrons. The summed E-state index contributed by atoms with van der Waals surface area (Å²) >= 11 is 0. The Morgan fingerprint density at radius 2 is 1.55 bits per heavy atom. The maximum atomic E-state index is 13.9. The zero-order chi connectivity index (χ0) is 41.4. The zero-order valence-electron chi connectivity index (χ0n) is 33.5. The molecule has 5 amide bonds. The zero-order valence-corrected chi connectivity index (χ0v) is 33.5. The summed E-state index contributed by atoms with van der Waals surface area (Å²) in [5, 5.41) is 3.36. The van der Waals surface area contributed by atoms with Crippen molar-refractivity contribution >= 4 is 40.4 Å². The first-order valence-corrected chi connectivity index (χ1v) is 21.4. The quantitative estimate of drug-likeness (QED) is 0.239. The van der Waals surface area contributed by atoms with Crippen LogP contribution in [0.25, 0.3) is 10.9 Å². The van der Waals surface area contributed by atoms with E-state index in [-0.39, 0.29) is 49.2 Å². The number of carbonyl (C=O) groups excluding carboxylic acids is 5. The highest BCUT2D eigenvalue weighted by Gasteiger charge is 2.46. The molecule has 2 aromatic carbocycles. The molecule has 1 saturated carbocycles. The molecular formula is C45H48F2N8O5. The summed E-state index contributed by atoms with van der Waals surface area (Å²) in [4.78, 5) is 85.1. The number of nitrogens with zero attached hydrogens (tertiary/aromatic N) is 6. The van der Waals surface area contributed by atoms with Crippen molar-refractivity contribution in [2.45, 2.75) is 114 Å². The van der Waals surface area contributed by atoms with Gasteiger partial charge in [0.15, 0.2) is 0 Å². The molecule has 7 heterocycles. The monoisotopic (exact) mass is 818 g/mol. The number of amides is 5. The molecule has 2 saturated heterocycles. The van der Waals surface area contributed by atoms with Gasteiger partial charge in [-0.05, 0) is 93.2 Å². The SMILES string of the molecule is C[C@@H]1Cc2c([nH]c3ccccc23)[C@@H](c2cnc(C3CCC(C(=O)N4CCC(N5Cc6cc7c(cc6C5)C(=O)N(C5CCC(=O)NC5=O)C7=O)CC4)CC3)nc2)N1CC(F)F.